The predicted octanol–water partition coefficient (Wildman–Crippen LogP) is -0.450. The molecule has 294 valence electrons. The van der Waals surface area contributed by atoms with Crippen LogP contribution in [-0.4, -0.2) is 112 Å². The van der Waals surface area contributed by atoms with Crippen molar-refractivity contribution in [3.8, 4) is 0 Å². The van der Waals surface area contributed by atoms with Gasteiger partial charge in [-0.3, -0.25) is 28.0 Å². The van der Waals surface area contributed by atoms with Gasteiger partial charge in [0, 0.05) is 32.1 Å². The van der Waals surface area contributed by atoms with E-state index in [1.54, 1.807) is 0 Å². The Morgan fingerprint density at radius 1 is 0.962 bits per heavy atom. The lowest BCUT2D eigenvalue weighted by atomic mass is 10.2. The monoisotopic (exact) mass is 864 g/mol. The van der Waals surface area contributed by atoms with Crippen LogP contribution in [0.5, 0.6) is 0 Å². The van der Waals surface area contributed by atoms with Gasteiger partial charge >= 0.3 is 25.9 Å². The summed E-state index contributed by atoms with van der Waals surface area (Å²) >= 11 is 14.0. The first-order chi connectivity index (χ1) is 24.9. The minimum absolute atomic E-state index is 0.0307. The lowest BCUT2D eigenvalue weighted by Crippen LogP contribution is -2.31. The highest BCUT2D eigenvalue weighted by atomic mass is 32.7. The van der Waals surface area contributed by atoms with Crippen LogP contribution in [0.4, 0.5) is 11.8 Å². The first kappa shape index (κ1) is 40.9. The number of nitrogens with zero attached hydrogens (tertiary/aromatic N) is 5. The van der Waals surface area contributed by atoms with E-state index in [9.17, 15) is 33.9 Å². The molecule has 29 heteroatoms. The van der Waals surface area contributed by atoms with E-state index in [0.717, 1.165) is 4.57 Å². The fourth-order valence-electron chi connectivity index (χ4n) is 5.90. The van der Waals surface area contributed by atoms with Gasteiger partial charge in [0.25, 0.3) is 5.56 Å². The van der Waals surface area contributed by atoms with Gasteiger partial charge in [0.1, 0.15) is 36.6 Å². The smallest absolute Gasteiger partial charge is 0.386 e. The molecular formula is C24H35N8O15P3S3. The third kappa shape index (κ3) is 10.2. The average molecular weight is 865 g/mol. The minimum atomic E-state index is -4.25. The zero-order valence-corrected chi connectivity index (χ0v) is 32.3. The van der Waals surface area contributed by atoms with E-state index in [-0.39, 0.29) is 49.0 Å². The normalized spacial score (nSPS) is 30.1. The summed E-state index contributed by atoms with van der Waals surface area (Å²) in [4.78, 5) is 70.1. The van der Waals surface area contributed by atoms with E-state index >= 15 is 0 Å². The second-order valence-electron chi connectivity index (χ2n) is 11.9. The Balaban J connectivity index is 1.18. The number of aromatic nitrogens is 6. The first-order valence-electron chi connectivity index (χ1n) is 15.6. The molecule has 0 radical (unpaired) electrons. The molecule has 0 saturated carbocycles. The van der Waals surface area contributed by atoms with Crippen LogP contribution >= 0.6 is 32.5 Å². The second-order valence-corrected chi connectivity index (χ2v) is 20.2. The number of thiol groups is 1. The molecule has 3 aromatic rings. The molecule has 6 rings (SSSR count). The Morgan fingerprint density at radius 2 is 1.62 bits per heavy atom. The number of aliphatic hydroxyl groups excluding tert-OH is 1. The van der Waals surface area contributed by atoms with Gasteiger partial charge in [-0.25, -0.2) is 14.3 Å². The molecule has 6 heterocycles. The van der Waals surface area contributed by atoms with Crippen LogP contribution in [0.1, 0.15) is 31.7 Å². The van der Waals surface area contributed by atoms with Crippen molar-refractivity contribution < 1.29 is 61.2 Å². The van der Waals surface area contributed by atoms with E-state index in [0.29, 0.717) is 6.42 Å². The molecule has 3 fully saturated rings. The molecule has 3 aromatic heterocycles. The number of rotatable bonds is 15. The number of imidazole rings is 1. The maximum absolute atomic E-state index is 13.2. The summed E-state index contributed by atoms with van der Waals surface area (Å²) in [7, 11) is 0. The highest BCUT2D eigenvalue weighted by molar-refractivity contribution is 8.44. The summed E-state index contributed by atoms with van der Waals surface area (Å²) in [5, 5.41) is 9.53. The molecule has 0 amide bonds. The molecule has 3 aliphatic heterocycles. The average Bonchev–Trinajstić information content (AvgIpc) is 3.84. The summed E-state index contributed by atoms with van der Waals surface area (Å²) in [5.74, 6) is -0.217. The molecule has 0 bridgehead atoms. The number of ether oxygens (including phenoxy) is 3. The van der Waals surface area contributed by atoms with Crippen molar-refractivity contribution in [3.05, 3.63) is 39.4 Å². The highest BCUT2D eigenvalue weighted by Gasteiger charge is 2.45. The molecule has 2 unspecified atom stereocenters. The predicted molar refractivity (Wildman–Crippen MR) is 192 cm³/mol. The molecule has 0 spiro atoms. The Bertz CT molecular complexity index is 2070. The van der Waals surface area contributed by atoms with E-state index in [1.807, 2.05) is 0 Å². The van der Waals surface area contributed by atoms with Crippen LogP contribution in [0, 0.1) is 0 Å². The largest absolute Gasteiger partial charge is 0.394 e. The summed E-state index contributed by atoms with van der Waals surface area (Å²) in [5.41, 5.74) is 10.00. The quantitative estimate of drug-likeness (QED) is 0.0708. The van der Waals surface area contributed by atoms with Crippen molar-refractivity contribution in [2.45, 2.75) is 68.3 Å². The topological polar surface area (TPSA) is 322 Å². The molecule has 23 nitrogen and oxygen atoms in total. The summed E-state index contributed by atoms with van der Waals surface area (Å²) in [6.07, 6.45) is -5.29. The number of aliphatic hydroxyl groups is 1. The molecule has 0 aromatic carbocycles. The van der Waals surface area contributed by atoms with Crippen molar-refractivity contribution in [1.82, 2.24) is 29.1 Å². The SMILES string of the molecule is Nc1ccn([C@H]2C[C@H](OP(O)(O)=S)[C@@H](COP(O)(=S)O[C@H]3C[C@H](n4cnc5c(=O)[nH]c(N)nc54)O[C@@H]3COP(=O)(S)O[C@H]3CCO[C@@H]3CO)O2)c(=O)n1. The molecule has 53 heavy (non-hydrogen) atoms. The number of anilines is 2. The van der Waals surface area contributed by atoms with E-state index in [1.165, 1.54) is 23.2 Å². The standard InChI is InChI=1S/C24H35N8O15P3S3/c25-17-1-3-31(24(35)28-17)18-5-12(45-48(36,37)51)15(43-18)8-42-50(39,53)47-13-6-19(32-10-27-20-21(32)29-23(26)30-22(20)34)44-16(13)9-41-49(38,52)46-11-2-4-40-14(11)7-33/h1,3,10-16,18-19,33H,2,4-9H2,(H,38,52)(H,39,53)(H2,25,28,35)(H2,36,37,51)(H3,26,29,30,34)/t11-,12-,13-,14+,15+,16+,18+,19+,49?,50?/m0/s1. The van der Waals surface area contributed by atoms with Gasteiger partial charge in [-0.05, 0) is 29.7 Å². The van der Waals surface area contributed by atoms with Gasteiger partial charge < -0.3 is 59.0 Å². The fourth-order valence-corrected chi connectivity index (χ4v) is 9.82. The maximum Gasteiger partial charge on any atom is 0.386 e. The zero-order valence-electron chi connectivity index (χ0n) is 27.1. The van der Waals surface area contributed by atoms with Gasteiger partial charge in [0.15, 0.2) is 11.2 Å². The van der Waals surface area contributed by atoms with E-state index in [4.69, 9.17) is 60.1 Å². The van der Waals surface area contributed by atoms with Crippen LogP contribution in [0.15, 0.2) is 28.2 Å². The van der Waals surface area contributed by atoms with Gasteiger partial charge in [-0.2, -0.15) is 9.97 Å². The molecular weight excluding hydrogens is 829 g/mol. The zero-order chi connectivity index (χ0) is 38.3. The summed E-state index contributed by atoms with van der Waals surface area (Å²) in [6.45, 7) is -13.7. The van der Waals surface area contributed by atoms with Crippen molar-refractivity contribution >= 4 is 79.0 Å². The number of fused-ring (bicyclic) bond motifs is 1. The number of H-pyrrole nitrogens is 1. The highest BCUT2D eigenvalue weighted by Crippen LogP contribution is 2.56. The molecule has 9 N–H and O–H groups in total. The lowest BCUT2D eigenvalue weighted by molar-refractivity contribution is -0.0501. The Kier molecular flexibility index (Phi) is 12.6. The molecule has 10 atom stereocenters. The van der Waals surface area contributed by atoms with Crippen molar-refractivity contribution in [1.29, 1.82) is 0 Å². The van der Waals surface area contributed by atoms with Crippen molar-refractivity contribution in [3.63, 3.8) is 0 Å². The fraction of sp³-hybridized carbons (Fsp3) is 0.625. The molecule has 3 aliphatic rings. The second kappa shape index (κ2) is 16.4. The maximum atomic E-state index is 13.2. The van der Waals surface area contributed by atoms with Crippen molar-refractivity contribution in [2.75, 3.05) is 37.9 Å². The van der Waals surface area contributed by atoms with Crippen LogP contribution in [0.25, 0.3) is 11.2 Å². The number of aromatic amines is 1. The van der Waals surface area contributed by atoms with Gasteiger partial charge in [0.2, 0.25) is 5.95 Å². The Labute approximate surface area is 314 Å². The van der Waals surface area contributed by atoms with E-state index in [2.05, 4.69) is 44.0 Å². The number of hydrogen-bond donors (Lipinski definition) is 8. The number of nitrogen functional groups attached to an aromatic ring is 2. The van der Waals surface area contributed by atoms with Crippen LogP contribution < -0.4 is 22.7 Å². The third-order valence-electron chi connectivity index (χ3n) is 8.23. The van der Waals surface area contributed by atoms with E-state index < -0.39 is 93.8 Å². The van der Waals surface area contributed by atoms with Gasteiger partial charge in [0.05, 0.1) is 44.5 Å². The Morgan fingerprint density at radius 3 is 2.28 bits per heavy atom. The van der Waals surface area contributed by atoms with Crippen LogP contribution in [0.2, 0.25) is 0 Å². The number of nitrogens with two attached hydrogens (primary N) is 2. The number of nitrogens with one attached hydrogen (secondary N) is 1. The third-order valence-corrected chi connectivity index (χ3v) is 12.3. The summed E-state index contributed by atoms with van der Waals surface area (Å²) < 4.78 is 60.9. The lowest BCUT2D eigenvalue weighted by Gasteiger charge is -2.27. The van der Waals surface area contributed by atoms with Crippen LogP contribution in [-0.2, 0) is 65.0 Å². The Hall–Kier alpha value is -1.77. The first-order valence-corrected chi connectivity index (χ1v) is 23.5. The van der Waals surface area contributed by atoms with Gasteiger partial charge in [-0.15, -0.1) is 0 Å². The summed E-state index contributed by atoms with van der Waals surface area (Å²) in [6, 6.07) is 1.36. The molecule has 3 saturated heterocycles. The molecule has 0 aliphatic carbocycles. The van der Waals surface area contributed by atoms with Crippen LogP contribution in [0.3, 0.4) is 0 Å². The van der Waals surface area contributed by atoms with Crippen molar-refractivity contribution in [2.24, 2.45) is 0 Å². The number of hydrogen-bond acceptors (Lipinski definition) is 19. The van der Waals surface area contributed by atoms with Gasteiger partial charge in [-0.1, -0.05) is 12.2 Å². The minimum Gasteiger partial charge on any atom is -0.394 e.